The molecule has 1 saturated heterocycles. The zero-order valence-corrected chi connectivity index (χ0v) is 16.4. The molecule has 1 aliphatic heterocycles. The fourth-order valence-electron chi connectivity index (χ4n) is 3.19. The quantitative estimate of drug-likeness (QED) is 0.622. The third-order valence-electron chi connectivity index (χ3n) is 4.79. The molecule has 0 amide bonds. The van der Waals surface area contributed by atoms with E-state index in [1.165, 1.54) is 16.6 Å². The molecule has 0 radical (unpaired) electrons. The highest BCUT2D eigenvalue weighted by Gasteiger charge is 2.34. The lowest BCUT2D eigenvalue weighted by molar-refractivity contribution is -0.137. The average molecular weight is 438 g/mol. The highest BCUT2D eigenvalue weighted by atomic mass is 32.2. The zero-order valence-electron chi connectivity index (χ0n) is 15.6. The Hall–Kier alpha value is -2.92. The average Bonchev–Trinajstić information content (AvgIpc) is 3.28. The maximum atomic E-state index is 12.9. The minimum Gasteiger partial charge on any atom is -0.463 e. The molecule has 0 aliphatic carbocycles. The van der Waals surface area contributed by atoms with Crippen LogP contribution in [-0.4, -0.2) is 49.1 Å². The van der Waals surface area contributed by atoms with Crippen LogP contribution < -0.4 is 4.90 Å². The summed E-state index contributed by atoms with van der Waals surface area (Å²) in [7, 11) is -4.03. The van der Waals surface area contributed by atoms with E-state index in [-0.39, 0.29) is 18.0 Å². The van der Waals surface area contributed by atoms with Crippen molar-refractivity contribution in [2.24, 2.45) is 0 Å². The molecule has 0 spiro atoms. The third kappa shape index (κ3) is 4.03. The molecule has 158 valence electrons. The van der Waals surface area contributed by atoms with E-state index in [2.05, 4.69) is 10.2 Å². The molecule has 1 aromatic carbocycles. The van der Waals surface area contributed by atoms with Gasteiger partial charge in [-0.15, -0.1) is 10.2 Å². The van der Waals surface area contributed by atoms with E-state index in [0.717, 1.165) is 12.1 Å². The van der Waals surface area contributed by atoms with E-state index < -0.39 is 21.8 Å². The van der Waals surface area contributed by atoms with Gasteiger partial charge in [-0.1, -0.05) is 6.07 Å². The molecule has 0 N–H and O–H groups in total. The molecule has 0 unspecified atom stereocenters. The van der Waals surface area contributed by atoms with Crippen LogP contribution in [0.2, 0.25) is 0 Å². The Labute approximate surface area is 170 Å². The van der Waals surface area contributed by atoms with Gasteiger partial charge in [0, 0.05) is 26.2 Å². The summed E-state index contributed by atoms with van der Waals surface area (Å²) in [6.07, 6.45) is -3.07. The number of alkyl halides is 3. The van der Waals surface area contributed by atoms with Crippen molar-refractivity contribution < 1.29 is 26.0 Å². The predicted molar refractivity (Wildman–Crippen MR) is 102 cm³/mol. The maximum Gasteiger partial charge on any atom is 0.416 e. The number of nitrogens with zero attached hydrogens (tertiary/aromatic N) is 4. The van der Waals surface area contributed by atoms with Crippen LogP contribution in [0.4, 0.5) is 19.0 Å². The van der Waals surface area contributed by atoms with Crippen LogP contribution in [0.5, 0.6) is 0 Å². The molecule has 4 rings (SSSR count). The van der Waals surface area contributed by atoms with Crippen molar-refractivity contribution in [3.63, 3.8) is 0 Å². The van der Waals surface area contributed by atoms with E-state index in [0.29, 0.717) is 36.4 Å². The van der Waals surface area contributed by atoms with Crippen LogP contribution >= 0.6 is 0 Å². The van der Waals surface area contributed by atoms with E-state index in [4.69, 9.17) is 4.42 Å². The molecule has 1 aliphatic rings. The number of aromatic nitrogens is 2. The highest BCUT2D eigenvalue weighted by Crippen LogP contribution is 2.31. The van der Waals surface area contributed by atoms with Crippen molar-refractivity contribution in [3.8, 4) is 11.5 Å². The normalized spacial score (nSPS) is 16.0. The molecule has 3 heterocycles. The van der Waals surface area contributed by atoms with Crippen molar-refractivity contribution in [2.75, 3.05) is 31.1 Å². The van der Waals surface area contributed by atoms with Crippen molar-refractivity contribution in [2.45, 2.75) is 11.1 Å². The van der Waals surface area contributed by atoms with Crippen LogP contribution in [0, 0.1) is 0 Å². The van der Waals surface area contributed by atoms with Crippen molar-refractivity contribution in [1.82, 2.24) is 14.5 Å². The smallest absolute Gasteiger partial charge is 0.416 e. The summed E-state index contributed by atoms with van der Waals surface area (Å²) in [5.74, 6) is 1.17. The Balaban J connectivity index is 1.45. The number of benzene rings is 1. The van der Waals surface area contributed by atoms with Gasteiger partial charge in [0.1, 0.15) is 5.69 Å². The Bertz CT molecular complexity index is 1110. The number of rotatable bonds is 4. The molecule has 0 bridgehead atoms. The summed E-state index contributed by atoms with van der Waals surface area (Å²) >= 11 is 0. The van der Waals surface area contributed by atoms with Gasteiger partial charge in [0.15, 0.2) is 11.6 Å². The second-order valence-electron chi connectivity index (χ2n) is 6.67. The number of sulfonamides is 1. The lowest BCUT2D eigenvalue weighted by atomic mass is 10.2. The summed E-state index contributed by atoms with van der Waals surface area (Å²) < 4.78 is 70.8. The van der Waals surface area contributed by atoms with Crippen molar-refractivity contribution >= 4 is 15.8 Å². The Morgan fingerprint density at radius 2 is 1.70 bits per heavy atom. The van der Waals surface area contributed by atoms with Gasteiger partial charge >= 0.3 is 6.18 Å². The van der Waals surface area contributed by atoms with Gasteiger partial charge in [-0.25, -0.2) is 8.42 Å². The first-order chi connectivity index (χ1) is 14.2. The topological polar surface area (TPSA) is 79.5 Å². The van der Waals surface area contributed by atoms with Crippen LogP contribution in [-0.2, 0) is 16.2 Å². The van der Waals surface area contributed by atoms with Gasteiger partial charge < -0.3 is 9.32 Å². The molecule has 3 aromatic rings. The lowest BCUT2D eigenvalue weighted by Gasteiger charge is -2.34. The molecule has 30 heavy (non-hydrogen) atoms. The predicted octanol–water partition coefficient (Wildman–Crippen LogP) is 3.27. The Morgan fingerprint density at radius 3 is 2.30 bits per heavy atom. The van der Waals surface area contributed by atoms with Gasteiger partial charge in [0.25, 0.3) is 0 Å². The first kappa shape index (κ1) is 20.4. The molecule has 1 fully saturated rings. The standard InChI is InChI=1S/C19H17F3N4O3S/c20-19(21,22)14-3-1-4-15(13-14)30(27,28)26-10-8-25(9-11-26)18-7-6-16(23-24-18)17-5-2-12-29-17/h1-7,12-13H,8-11H2. The molecule has 0 saturated carbocycles. The van der Waals surface area contributed by atoms with E-state index in [1.54, 1.807) is 24.3 Å². The van der Waals surface area contributed by atoms with Crippen LogP contribution in [0.3, 0.4) is 0 Å². The summed E-state index contributed by atoms with van der Waals surface area (Å²) in [5.41, 5.74) is -0.413. The Kier molecular flexibility index (Phi) is 5.24. The number of hydrogen-bond donors (Lipinski definition) is 0. The highest BCUT2D eigenvalue weighted by molar-refractivity contribution is 7.89. The fraction of sp³-hybridized carbons (Fsp3) is 0.263. The summed E-state index contributed by atoms with van der Waals surface area (Å²) in [6.45, 7) is 0.931. The minimum atomic E-state index is -4.61. The lowest BCUT2D eigenvalue weighted by Crippen LogP contribution is -2.49. The molecular formula is C19H17F3N4O3S. The fourth-order valence-corrected chi connectivity index (χ4v) is 4.66. The van der Waals surface area contributed by atoms with E-state index in [1.807, 2.05) is 4.90 Å². The summed E-state index contributed by atoms with van der Waals surface area (Å²) in [4.78, 5) is 1.50. The van der Waals surface area contributed by atoms with Gasteiger partial charge in [0.05, 0.1) is 16.7 Å². The van der Waals surface area contributed by atoms with E-state index >= 15 is 0 Å². The molecule has 7 nitrogen and oxygen atoms in total. The number of furan rings is 1. The van der Waals surface area contributed by atoms with Crippen molar-refractivity contribution in [3.05, 3.63) is 60.4 Å². The van der Waals surface area contributed by atoms with Gasteiger partial charge in [-0.05, 0) is 42.5 Å². The number of piperazine rings is 1. The summed E-state index contributed by atoms with van der Waals surface area (Å²) in [6, 6.07) is 10.8. The molecule has 11 heteroatoms. The zero-order chi connectivity index (χ0) is 21.4. The van der Waals surface area contributed by atoms with Crippen LogP contribution in [0.1, 0.15) is 5.56 Å². The molecule has 0 atom stereocenters. The van der Waals surface area contributed by atoms with Gasteiger partial charge in [-0.2, -0.15) is 17.5 Å². The number of anilines is 1. The second-order valence-corrected chi connectivity index (χ2v) is 8.61. The maximum absolute atomic E-state index is 12.9. The van der Waals surface area contributed by atoms with E-state index in [9.17, 15) is 21.6 Å². The monoisotopic (exact) mass is 438 g/mol. The first-order valence-electron chi connectivity index (χ1n) is 9.05. The number of hydrogen-bond acceptors (Lipinski definition) is 6. The summed E-state index contributed by atoms with van der Waals surface area (Å²) in [5, 5.41) is 8.29. The third-order valence-corrected chi connectivity index (χ3v) is 6.68. The number of halogens is 3. The second kappa shape index (κ2) is 7.73. The Morgan fingerprint density at radius 1 is 0.933 bits per heavy atom. The molecule has 2 aromatic heterocycles. The first-order valence-corrected chi connectivity index (χ1v) is 10.5. The molecular weight excluding hydrogens is 421 g/mol. The van der Waals surface area contributed by atoms with Crippen LogP contribution in [0.15, 0.2) is 64.1 Å². The SMILES string of the molecule is O=S(=O)(c1cccc(C(F)(F)F)c1)N1CCN(c2ccc(-c3ccco3)nn2)CC1. The van der Waals surface area contributed by atoms with Gasteiger partial charge in [0.2, 0.25) is 10.0 Å². The van der Waals surface area contributed by atoms with Crippen LogP contribution in [0.25, 0.3) is 11.5 Å². The largest absolute Gasteiger partial charge is 0.463 e. The minimum absolute atomic E-state index is 0.125. The van der Waals surface area contributed by atoms with Crippen molar-refractivity contribution in [1.29, 1.82) is 0 Å². The van der Waals surface area contributed by atoms with Gasteiger partial charge in [-0.3, -0.25) is 0 Å².